The van der Waals surface area contributed by atoms with Crippen LogP contribution in [0.3, 0.4) is 0 Å². The molecule has 0 aliphatic carbocycles. The molecular weight excluding hydrogens is 408 g/mol. The van der Waals surface area contributed by atoms with Crippen LogP contribution in [0.1, 0.15) is 39.0 Å². The van der Waals surface area contributed by atoms with Crippen LogP contribution in [0.4, 0.5) is 0 Å². The summed E-state index contributed by atoms with van der Waals surface area (Å²) in [6.07, 6.45) is 0.328. The summed E-state index contributed by atoms with van der Waals surface area (Å²) < 4.78 is 22.4. The molecule has 0 aromatic carbocycles. The maximum absolute atomic E-state index is 13.1. The average Bonchev–Trinajstić information content (AvgIpc) is 2.79. The van der Waals surface area contributed by atoms with Crippen molar-refractivity contribution in [3.63, 3.8) is 0 Å². The molecule has 2 fully saturated rings. The highest BCUT2D eigenvalue weighted by Gasteiger charge is 2.45. The number of aliphatic carboxylic acids is 1. The van der Waals surface area contributed by atoms with Gasteiger partial charge in [0.05, 0.1) is 12.5 Å². The Morgan fingerprint density at radius 3 is 2.59 bits per heavy atom. The molecule has 0 spiro atoms. The third-order valence-electron chi connectivity index (χ3n) is 4.78. The Kier molecular flexibility index (Phi) is 7.57. The molecule has 0 saturated carbocycles. The lowest BCUT2D eigenvalue weighted by atomic mass is 10.1. The van der Waals surface area contributed by atoms with Crippen LogP contribution in [0.5, 0.6) is 0 Å². The molecular formula is C16H26N4O8S. The number of hydrogen-bond donors (Lipinski definition) is 5. The topological polar surface area (TPSA) is 177 Å². The molecule has 3 atom stereocenters. The van der Waals surface area contributed by atoms with Crippen molar-refractivity contribution in [2.24, 2.45) is 0 Å². The number of carboxylic acids is 1. The lowest BCUT2D eigenvalue weighted by Gasteiger charge is -2.44. The monoisotopic (exact) mass is 434 g/mol. The Morgan fingerprint density at radius 1 is 1.31 bits per heavy atom. The molecule has 13 heteroatoms. The van der Waals surface area contributed by atoms with Gasteiger partial charge in [0.25, 0.3) is 5.91 Å². The third-order valence-corrected chi connectivity index (χ3v) is 6.25. The molecule has 0 radical (unpaired) electrons. The maximum atomic E-state index is 13.1. The molecule has 2 rings (SSSR count). The van der Waals surface area contributed by atoms with E-state index in [1.807, 2.05) is 0 Å². The molecule has 12 nitrogen and oxygen atoms in total. The maximum Gasteiger partial charge on any atom is 0.305 e. The van der Waals surface area contributed by atoms with Crippen molar-refractivity contribution in [2.45, 2.75) is 57.2 Å². The second-order valence-electron chi connectivity index (χ2n) is 6.87. The van der Waals surface area contributed by atoms with Crippen LogP contribution < -0.4 is 10.0 Å². The van der Waals surface area contributed by atoms with E-state index in [9.17, 15) is 33.1 Å². The van der Waals surface area contributed by atoms with Crippen molar-refractivity contribution in [1.29, 1.82) is 0 Å². The number of nitrogens with one attached hydrogen (secondary N) is 2. The molecule has 2 saturated heterocycles. The summed E-state index contributed by atoms with van der Waals surface area (Å²) in [6.45, 7) is 1.75. The fourth-order valence-corrected chi connectivity index (χ4v) is 4.13. The van der Waals surface area contributed by atoms with Gasteiger partial charge in [0.1, 0.15) is 18.4 Å². The molecule has 3 amide bonds. The summed E-state index contributed by atoms with van der Waals surface area (Å²) >= 11 is 0. The SMILES string of the molecule is CCS(O)(O)N[C@H]1CCC(=O)N2CCC[C@@H](C(=O)N[C@H](C=O)CC(=O)O)N2C1=O. The highest BCUT2D eigenvalue weighted by Crippen LogP contribution is 2.35. The number of carbonyl (C=O) groups excluding carboxylic acids is 4. The van der Waals surface area contributed by atoms with Gasteiger partial charge in [-0.1, -0.05) is 0 Å². The number of hydrazine groups is 1. The Morgan fingerprint density at radius 2 is 2.00 bits per heavy atom. The molecule has 164 valence electrons. The summed E-state index contributed by atoms with van der Waals surface area (Å²) in [6, 6.07) is -3.47. The zero-order valence-corrected chi connectivity index (χ0v) is 16.8. The normalized spacial score (nSPS) is 24.4. The lowest BCUT2D eigenvalue weighted by Crippen LogP contribution is -2.64. The van der Waals surface area contributed by atoms with Gasteiger partial charge in [-0.3, -0.25) is 33.3 Å². The molecule has 0 bridgehead atoms. The lowest BCUT2D eigenvalue weighted by molar-refractivity contribution is -0.176. The fraction of sp³-hybridized carbons (Fsp3) is 0.688. The fourth-order valence-electron chi connectivity index (χ4n) is 3.29. The van der Waals surface area contributed by atoms with E-state index >= 15 is 0 Å². The molecule has 0 aromatic rings. The van der Waals surface area contributed by atoms with Gasteiger partial charge in [0.2, 0.25) is 11.8 Å². The molecule has 2 aliphatic rings. The van der Waals surface area contributed by atoms with Crippen LogP contribution in [0.15, 0.2) is 0 Å². The van der Waals surface area contributed by atoms with Gasteiger partial charge < -0.3 is 15.2 Å². The van der Waals surface area contributed by atoms with Crippen molar-refractivity contribution in [1.82, 2.24) is 20.1 Å². The average molecular weight is 434 g/mol. The minimum absolute atomic E-state index is 0.0243. The van der Waals surface area contributed by atoms with Crippen LogP contribution >= 0.6 is 10.8 Å². The standard InChI is InChI=1S/C16H26N4O8S/c1-2-29(27,28)18-11-5-6-13(22)19-7-3-4-12(20(19)16(11)26)15(25)17-10(9-21)8-14(23)24/h9-12,18,27-28H,2-8H2,1H3,(H,17,25)(H,23,24)/t10-,11-,12-/m0/s1. The van der Waals surface area contributed by atoms with Crippen molar-refractivity contribution >= 4 is 40.8 Å². The van der Waals surface area contributed by atoms with Gasteiger partial charge in [0.15, 0.2) is 0 Å². The quantitative estimate of drug-likeness (QED) is 0.310. The van der Waals surface area contributed by atoms with E-state index in [4.69, 9.17) is 5.11 Å². The van der Waals surface area contributed by atoms with Crippen molar-refractivity contribution in [3.05, 3.63) is 0 Å². The van der Waals surface area contributed by atoms with Crippen LogP contribution in [0.25, 0.3) is 0 Å². The first-order chi connectivity index (χ1) is 13.6. The van der Waals surface area contributed by atoms with Gasteiger partial charge in [0, 0.05) is 18.7 Å². The summed E-state index contributed by atoms with van der Waals surface area (Å²) in [5.41, 5.74) is 0. The van der Waals surface area contributed by atoms with Gasteiger partial charge in [-0.15, -0.1) is 10.8 Å². The first kappa shape index (κ1) is 23.1. The number of aldehydes is 1. The van der Waals surface area contributed by atoms with Gasteiger partial charge >= 0.3 is 5.97 Å². The van der Waals surface area contributed by atoms with Crippen LogP contribution in [-0.2, 0) is 24.0 Å². The van der Waals surface area contributed by atoms with Crippen molar-refractivity contribution < 1.29 is 38.2 Å². The second-order valence-corrected chi connectivity index (χ2v) is 9.02. The Hall–Kier alpha value is -2.22. The van der Waals surface area contributed by atoms with E-state index in [-0.39, 0.29) is 37.5 Å². The number of hydrogen-bond acceptors (Lipinski definition) is 8. The molecule has 0 unspecified atom stereocenters. The molecule has 2 aliphatic heterocycles. The number of carbonyl (C=O) groups is 5. The zero-order chi connectivity index (χ0) is 21.8. The van der Waals surface area contributed by atoms with E-state index in [0.717, 1.165) is 5.01 Å². The first-order valence-electron chi connectivity index (χ1n) is 9.23. The van der Waals surface area contributed by atoms with E-state index in [0.29, 0.717) is 12.7 Å². The number of amides is 3. The van der Waals surface area contributed by atoms with Crippen molar-refractivity contribution in [2.75, 3.05) is 12.3 Å². The van der Waals surface area contributed by atoms with Crippen molar-refractivity contribution in [3.8, 4) is 0 Å². The zero-order valence-electron chi connectivity index (χ0n) is 15.9. The Bertz CT molecular complexity index is 688. The second kappa shape index (κ2) is 9.52. The number of fused-ring (bicyclic) bond motifs is 1. The summed E-state index contributed by atoms with van der Waals surface area (Å²) in [5.74, 6) is -3.11. The molecule has 0 aromatic heterocycles. The van der Waals surface area contributed by atoms with Crippen LogP contribution in [0, 0.1) is 0 Å². The molecule has 29 heavy (non-hydrogen) atoms. The van der Waals surface area contributed by atoms with Gasteiger partial charge in [-0.25, -0.2) is 9.73 Å². The Labute approximate surface area is 169 Å². The minimum atomic E-state index is -3.24. The summed E-state index contributed by atoms with van der Waals surface area (Å²) in [5, 5.41) is 13.3. The number of rotatable bonds is 8. The predicted molar refractivity (Wildman–Crippen MR) is 101 cm³/mol. The predicted octanol–water partition coefficient (Wildman–Crippen LogP) is -0.683. The molecule has 2 heterocycles. The number of nitrogens with zero attached hydrogens (tertiary/aromatic N) is 2. The highest BCUT2D eigenvalue weighted by atomic mass is 32.3. The third kappa shape index (κ3) is 5.65. The number of carboxylic acid groups (broad SMARTS) is 1. The van der Waals surface area contributed by atoms with E-state index < -0.39 is 53.1 Å². The van der Waals surface area contributed by atoms with E-state index in [2.05, 4.69) is 10.0 Å². The first-order valence-corrected chi connectivity index (χ1v) is 10.9. The van der Waals surface area contributed by atoms with E-state index in [1.54, 1.807) is 0 Å². The van der Waals surface area contributed by atoms with Gasteiger partial charge in [-0.2, -0.15) is 0 Å². The van der Waals surface area contributed by atoms with Gasteiger partial charge in [-0.05, 0) is 26.2 Å². The van der Waals surface area contributed by atoms with E-state index in [1.165, 1.54) is 11.9 Å². The molecule has 5 N–H and O–H groups in total. The van der Waals surface area contributed by atoms with Crippen LogP contribution in [-0.4, -0.2) is 84.6 Å². The smallest absolute Gasteiger partial charge is 0.305 e. The Balaban J connectivity index is 2.26. The highest BCUT2D eigenvalue weighted by molar-refractivity contribution is 8.22. The van der Waals surface area contributed by atoms with Crippen LogP contribution in [0.2, 0.25) is 0 Å². The summed E-state index contributed by atoms with van der Waals surface area (Å²) in [7, 11) is -3.24. The largest absolute Gasteiger partial charge is 0.481 e. The minimum Gasteiger partial charge on any atom is -0.481 e. The summed E-state index contributed by atoms with van der Waals surface area (Å²) in [4.78, 5) is 60.2.